The van der Waals surface area contributed by atoms with E-state index in [-0.39, 0.29) is 5.91 Å². The summed E-state index contributed by atoms with van der Waals surface area (Å²) in [6, 6.07) is 16.9. The fourth-order valence-electron chi connectivity index (χ4n) is 2.09. The number of aromatic nitrogens is 2. The molecule has 0 radical (unpaired) electrons. The number of hydrogen-bond acceptors (Lipinski definition) is 2. The van der Waals surface area contributed by atoms with E-state index in [0.29, 0.717) is 5.56 Å². The van der Waals surface area contributed by atoms with Crippen LogP contribution in [0.15, 0.2) is 67.0 Å². The quantitative estimate of drug-likeness (QED) is 0.797. The lowest BCUT2D eigenvalue weighted by Gasteiger charge is -2.11. The van der Waals surface area contributed by atoms with Gasteiger partial charge in [-0.1, -0.05) is 29.8 Å². The molecule has 1 heterocycles. The van der Waals surface area contributed by atoms with E-state index in [4.69, 9.17) is 0 Å². The SMILES string of the molecule is Cc1ccc(C(=O)Nc2ccccc2-n2cccn2)cc1. The van der Waals surface area contributed by atoms with Crippen LogP contribution in [-0.4, -0.2) is 15.7 Å². The number of para-hydroxylation sites is 2. The predicted octanol–water partition coefficient (Wildman–Crippen LogP) is 3.43. The van der Waals surface area contributed by atoms with E-state index in [1.54, 1.807) is 10.9 Å². The number of nitrogens with one attached hydrogen (secondary N) is 1. The number of aryl methyl sites for hydroxylation is 1. The summed E-state index contributed by atoms with van der Waals surface area (Å²) in [5, 5.41) is 7.14. The van der Waals surface area contributed by atoms with Gasteiger partial charge in [-0.2, -0.15) is 5.10 Å². The monoisotopic (exact) mass is 277 g/mol. The zero-order valence-corrected chi connectivity index (χ0v) is 11.7. The highest BCUT2D eigenvalue weighted by Gasteiger charge is 2.09. The van der Waals surface area contributed by atoms with Crippen LogP contribution < -0.4 is 5.32 Å². The number of amides is 1. The van der Waals surface area contributed by atoms with Crippen molar-refractivity contribution in [3.8, 4) is 5.69 Å². The number of carbonyl (C=O) groups excluding carboxylic acids is 1. The molecule has 0 aliphatic heterocycles. The smallest absolute Gasteiger partial charge is 0.255 e. The maximum absolute atomic E-state index is 12.3. The molecule has 1 aromatic heterocycles. The molecule has 4 heteroatoms. The first-order chi connectivity index (χ1) is 10.2. The Morgan fingerprint density at radius 1 is 1.05 bits per heavy atom. The zero-order valence-electron chi connectivity index (χ0n) is 11.7. The van der Waals surface area contributed by atoms with Gasteiger partial charge < -0.3 is 5.32 Å². The van der Waals surface area contributed by atoms with E-state index in [0.717, 1.165) is 16.9 Å². The van der Waals surface area contributed by atoms with Crippen LogP contribution in [0.4, 0.5) is 5.69 Å². The molecular weight excluding hydrogens is 262 g/mol. The van der Waals surface area contributed by atoms with Gasteiger partial charge in [-0.05, 0) is 37.3 Å². The summed E-state index contributed by atoms with van der Waals surface area (Å²) in [5.74, 6) is -0.130. The van der Waals surface area contributed by atoms with Crippen molar-refractivity contribution in [1.29, 1.82) is 0 Å². The van der Waals surface area contributed by atoms with Crippen molar-refractivity contribution in [2.24, 2.45) is 0 Å². The standard InChI is InChI=1S/C17H15N3O/c1-13-7-9-14(10-8-13)17(21)19-15-5-2-3-6-16(15)20-12-4-11-18-20/h2-12H,1H3,(H,19,21). The van der Waals surface area contributed by atoms with Crippen molar-refractivity contribution < 1.29 is 4.79 Å². The van der Waals surface area contributed by atoms with Crippen LogP contribution in [0.3, 0.4) is 0 Å². The molecule has 0 aliphatic carbocycles. The van der Waals surface area contributed by atoms with Gasteiger partial charge in [0.15, 0.2) is 0 Å². The van der Waals surface area contributed by atoms with Crippen molar-refractivity contribution in [2.75, 3.05) is 5.32 Å². The molecule has 0 spiro atoms. The van der Waals surface area contributed by atoms with Gasteiger partial charge in [0.1, 0.15) is 0 Å². The van der Waals surface area contributed by atoms with E-state index in [1.165, 1.54) is 0 Å². The van der Waals surface area contributed by atoms with Gasteiger partial charge in [0.05, 0.1) is 11.4 Å². The molecule has 0 saturated carbocycles. The molecule has 0 unspecified atom stereocenters. The molecule has 21 heavy (non-hydrogen) atoms. The number of rotatable bonds is 3. The van der Waals surface area contributed by atoms with Crippen molar-refractivity contribution in [1.82, 2.24) is 9.78 Å². The van der Waals surface area contributed by atoms with Crippen LogP contribution in [0.2, 0.25) is 0 Å². The summed E-state index contributed by atoms with van der Waals surface area (Å²) < 4.78 is 1.73. The minimum Gasteiger partial charge on any atom is -0.320 e. The molecule has 0 saturated heterocycles. The maximum Gasteiger partial charge on any atom is 0.255 e. The summed E-state index contributed by atoms with van der Waals surface area (Å²) in [5.41, 5.74) is 3.33. The first-order valence-electron chi connectivity index (χ1n) is 6.71. The number of hydrogen-bond donors (Lipinski definition) is 1. The van der Waals surface area contributed by atoms with Gasteiger partial charge in [-0.15, -0.1) is 0 Å². The van der Waals surface area contributed by atoms with Crippen molar-refractivity contribution in [3.63, 3.8) is 0 Å². The Kier molecular flexibility index (Phi) is 3.51. The summed E-state index contributed by atoms with van der Waals surface area (Å²) in [6.45, 7) is 1.99. The molecule has 0 fully saturated rings. The van der Waals surface area contributed by atoms with E-state index >= 15 is 0 Å². The molecule has 1 N–H and O–H groups in total. The molecular formula is C17H15N3O. The molecule has 0 aliphatic rings. The Hall–Kier alpha value is -2.88. The Bertz CT molecular complexity index is 746. The lowest BCUT2D eigenvalue weighted by Crippen LogP contribution is -2.13. The third-order valence-corrected chi connectivity index (χ3v) is 3.22. The predicted molar refractivity (Wildman–Crippen MR) is 82.7 cm³/mol. The molecule has 3 rings (SSSR count). The summed E-state index contributed by atoms with van der Waals surface area (Å²) in [4.78, 5) is 12.3. The average molecular weight is 277 g/mol. The highest BCUT2D eigenvalue weighted by molar-refractivity contribution is 6.05. The van der Waals surface area contributed by atoms with Crippen LogP contribution in [-0.2, 0) is 0 Å². The molecule has 4 nitrogen and oxygen atoms in total. The fourth-order valence-corrected chi connectivity index (χ4v) is 2.09. The minimum absolute atomic E-state index is 0.130. The number of carbonyl (C=O) groups is 1. The third kappa shape index (κ3) is 2.84. The highest BCUT2D eigenvalue weighted by atomic mass is 16.1. The molecule has 2 aromatic carbocycles. The van der Waals surface area contributed by atoms with Crippen LogP contribution in [0.25, 0.3) is 5.69 Å². The van der Waals surface area contributed by atoms with Gasteiger partial charge in [0.2, 0.25) is 0 Å². The Balaban J connectivity index is 1.88. The van der Waals surface area contributed by atoms with E-state index in [1.807, 2.05) is 67.7 Å². The zero-order chi connectivity index (χ0) is 14.7. The normalized spacial score (nSPS) is 10.3. The largest absolute Gasteiger partial charge is 0.320 e. The first-order valence-corrected chi connectivity index (χ1v) is 6.71. The number of nitrogens with zero attached hydrogens (tertiary/aromatic N) is 2. The van der Waals surface area contributed by atoms with Gasteiger partial charge in [-0.3, -0.25) is 4.79 Å². The van der Waals surface area contributed by atoms with Crippen LogP contribution in [0.5, 0.6) is 0 Å². The van der Waals surface area contributed by atoms with Gasteiger partial charge in [-0.25, -0.2) is 4.68 Å². The average Bonchev–Trinajstić information content (AvgIpc) is 3.02. The second-order valence-electron chi connectivity index (χ2n) is 4.79. The van der Waals surface area contributed by atoms with Gasteiger partial charge >= 0.3 is 0 Å². The van der Waals surface area contributed by atoms with Crippen molar-refractivity contribution >= 4 is 11.6 Å². The topological polar surface area (TPSA) is 46.9 Å². The third-order valence-electron chi connectivity index (χ3n) is 3.22. The van der Waals surface area contributed by atoms with Crippen LogP contribution >= 0.6 is 0 Å². The number of benzene rings is 2. The van der Waals surface area contributed by atoms with Crippen molar-refractivity contribution in [2.45, 2.75) is 6.92 Å². The fraction of sp³-hybridized carbons (Fsp3) is 0.0588. The van der Waals surface area contributed by atoms with Crippen molar-refractivity contribution in [3.05, 3.63) is 78.1 Å². The molecule has 104 valence electrons. The molecule has 3 aromatic rings. The minimum atomic E-state index is -0.130. The lowest BCUT2D eigenvalue weighted by molar-refractivity contribution is 0.102. The van der Waals surface area contributed by atoms with E-state index in [9.17, 15) is 4.79 Å². The van der Waals surface area contributed by atoms with Gasteiger partial charge in [0.25, 0.3) is 5.91 Å². The van der Waals surface area contributed by atoms with E-state index in [2.05, 4.69) is 10.4 Å². The number of anilines is 1. The summed E-state index contributed by atoms with van der Waals surface area (Å²) >= 11 is 0. The van der Waals surface area contributed by atoms with Crippen LogP contribution in [0.1, 0.15) is 15.9 Å². The second-order valence-corrected chi connectivity index (χ2v) is 4.79. The second kappa shape index (κ2) is 5.63. The molecule has 0 atom stereocenters. The molecule has 1 amide bonds. The Morgan fingerprint density at radius 2 is 1.81 bits per heavy atom. The maximum atomic E-state index is 12.3. The highest BCUT2D eigenvalue weighted by Crippen LogP contribution is 2.19. The van der Waals surface area contributed by atoms with Gasteiger partial charge in [0, 0.05) is 18.0 Å². The summed E-state index contributed by atoms with van der Waals surface area (Å²) in [6.07, 6.45) is 3.55. The van der Waals surface area contributed by atoms with E-state index < -0.39 is 0 Å². The molecule has 0 bridgehead atoms. The Labute approximate surface area is 123 Å². The first kappa shape index (κ1) is 13.1. The Morgan fingerprint density at radius 3 is 2.52 bits per heavy atom. The summed E-state index contributed by atoms with van der Waals surface area (Å²) in [7, 11) is 0. The lowest BCUT2D eigenvalue weighted by atomic mass is 10.1. The van der Waals surface area contributed by atoms with Crippen LogP contribution in [0, 0.1) is 6.92 Å².